The van der Waals surface area contributed by atoms with Crippen molar-refractivity contribution in [3.63, 3.8) is 0 Å². The van der Waals surface area contributed by atoms with E-state index < -0.39 is 0 Å². The average Bonchev–Trinajstić information content (AvgIpc) is 2.05. The molecule has 0 heterocycles. The van der Waals surface area contributed by atoms with Crippen molar-refractivity contribution in [3.05, 3.63) is 0 Å². The Morgan fingerprint density at radius 1 is 1.09 bits per heavy atom. The molecular weight excluding hydrogens is 134 g/mol. The number of hydrogen-bond donors (Lipinski definition) is 1. The molecule has 0 amide bonds. The lowest BCUT2D eigenvalue weighted by molar-refractivity contribution is 0.450. The fourth-order valence-corrected chi connectivity index (χ4v) is 1.35. The van der Waals surface area contributed by atoms with Crippen molar-refractivity contribution >= 4 is 0 Å². The van der Waals surface area contributed by atoms with E-state index >= 15 is 0 Å². The maximum atomic E-state index is 5.60. The van der Waals surface area contributed by atoms with Crippen LogP contribution in [0.2, 0.25) is 0 Å². The lowest BCUT2D eigenvalue weighted by atomic mass is 9.99. The Morgan fingerprint density at radius 3 is 2.27 bits per heavy atom. The van der Waals surface area contributed by atoms with Gasteiger partial charge in [0.25, 0.3) is 0 Å². The van der Waals surface area contributed by atoms with E-state index in [2.05, 4.69) is 13.8 Å². The highest BCUT2D eigenvalue weighted by molar-refractivity contribution is 4.57. The Hall–Kier alpha value is -0.0400. The van der Waals surface area contributed by atoms with Gasteiger partial charge in [-0.05, 0) is 18.9 Å². The summed E-state index contributed by atoms with van der Waals surface area (Å²) in [6.45, 7) is 5.36. The van der Waals surface area contributed by atoms with Crippen LogP contribution in [0.5, 0.6) is 0 Å². The Balaban J connectivity index is 3.07. The van der Waals surface area contributed by atoms with Gasteiger partial charge in [-0.1, -0.05) is 46.0 Å². The minimum absolute atomic E-state index is 0.784. The van der Waals surface area contributed by atoms with Crippen LogP contribution in [0.1, 0.15) is 52.4 Å². The molecule has 0 radical (unpaired) electrons. The summed E-state index contributed by atoms with van der Waals surface area (Å²) in [7, 11) is 0. The molecule has 1 nitrogen and oxygen atoms in total. The Morgan fingerprint density at radius 2 is 1.82 bits per heavy atom. The highest BCUT2D eigenvalue weighted by Gasteiger charge is 2.01. The van der Waals surface area contributed by atoms with Crippen LogP contribution in [0.15, 0.2) is 0 Å². The zero-order chi connectivity index (χ0) is 8.53. The predicted octanol–water partition coefficient (Wildman–Crippen LogP) is 2.94. The first-order chi connectivity index (χ1) is 5.35. The smallest absolute Gasteiger partial charge is 0.00490 e. The molecule has 0 aromatic carbocycles. The van der Waals surface area contributed by atoms with Gasteiger partial charge < -0.3 is 5.73 Å². The van der Waals surface area contributed by atoms with Gasteiger partial charge in [0.05, 0.1) is 0 Å². The van der Waals surface area contributed by atoms with E-state index in [1.807, 2.05) is 0 Å². The first kappa shape index (κ1) is 11.0. The van der Waals surface area contributed by atoms with Gasteiger partial charge in [-0.25, -0.2) is 0 Å². The SMILES string of the molecule is CCCCCCC(CC)CN. The zero-order valence-electron chi connectivity index (χ0n) is 8.10. The molecule has 2 N–H and O–H groups in total. The molecule has 0 aliphatic heterocycles. The van der Waals surface area contributed by atoms with Crippen molar-refractivity contribution in [1.82, 2.24) is 0 Å². The molecule has 11 heavy (non-hydrogen) atoms. The van der Waals surface area contributed by atoms with E-state index in [1.165, 1.54) is 38.5 Å². The Labute approximate surface area is 71.4 Å². The Bertz CT molecular complexity index is 67.3. The second kappa shape index (κ2) is 8.06. The number of unbranched alkanes of at least 4 members (excludes halogenated alkanes) is 3. The summed E-state index contributed by atoms with van der Waals surface area (Å²) in [6, 6.07) is 0. The van der Waals surface area contributed by atoms with E-state index in [0.29, 0.717) is 0 Å². The van der Waals surface area contributed by atoms with Gasteiger partial charge in [-0.2, -0.15) is 0 Å². The van der Waals surface area contributed by atoms with Crippen molar-refractivity contribution in [3.8, 4) is 0 Å². The molecule has 0 spiro atoms. The van der Waals surface area contributed by atoms with E-state index in [-0.39, 0.29) is 0 Å². The third-order valence-electron chi connectivity index (χ3n) is 2.38. The minimum atomic E-state index is 0.784. The number of rotatable bonds is 7. The molecule has 0 fully saturated rings. The van der Waals surface area contributed by atoms with E-state index in [4.69, 9.17) is 5.73 Å². The van der Waals surface area contributed by atoms with Crippen LogP contribution in [0, 0.1) is 5.92 Å². The largest absolute Gasteiger partial charge is 0.330 e. The summed E-state index contributed by atoms with van der Waals surface area (Å²) < 4.78 is 0. The van der Waals surface area contributed by atoms with Crippen LogP contribution in [0.3, 0.4) is 0 Å². The minimum Gasteiger partial charge on any atom is -0.330 e. The third-order valence-corrected chi connectivity index (χ3v) is 2.38. The van der Waals surface area contributed by atoms with Crippen molar-refractivity contribution in [2.24, 2.45) is 11.7 Å². The maximum Gasteiger partial charge on any atom is -0.00490 e. The van der Waals surface area contributed by atoms with Crippen molar-refractivity contribution < 1.29 is 0 Å². The molecule has 0 saturated carbocycles. The van der Waals surface area contributed by atoms with Crippen molar-refractivity contribution in [2.75, 3.05) is 6.54 Å². The van der Waals surface area contributed by atoms with Gasteiger partial charge in [-0.3, -0.25) is 0 Å². The van der Waals surface area contributed by atoms with Gasteiger partial charge in [0.1, 0.15) is 0 Å². The van der Waals surface area contributed by atoms with Crippen molar-refractivity contribution in [1.29, 1.82) is 0 Å². The highest BCUT2D eigenvalue weighted by atomic mass is 14.5. The van der Waals surface area contributed by atoms with Crippen LogP contribution in [0.4, 0.5) is 0 Å². The van der Waals surface area contributed by atoms with Crippen molar-refractivity contribution in [2.45, 2.75) is 52.4 Å². The first-order valence-electron chi connectivity index (χ1n) is 5.05. The zero-order valence-corrected chi connectivity index (χ0v) is 8.10. The topological polar surface area (TPSA) is 26.0 Å². The normalized spacial score (nSPS) is 13.4. The molecule has 0 aliphatic rings. The fraction of sp³-hybridized carbons (Fsp3) is 1.00. The molecule has 0 bridgehead atoms. The molecule has 0 saturated heterocycles. The average molecular weight is 157 g/mol. The number of nitrogens with two attached hydrogens (primary N) is 1. The second-order valence-corrected chi connectivity index (χ2v) is 3.36. The standard InChI is InChI=1S/C10H23N/c1-3-5-6-7-8-10(4-2)9-11/h10H,3-9,11H2,1-2H3. The molecule has 1 unspecified atom stereocenters. The van der Waals surface area contributed by atoms with Gasteiger partial charge in [-0.15, -0.1) is 0 Å². The molecule has 68 valence electrons. The van der Waals surface area contributed by atoms with E-state index in [1.54, 1.807) is 0 Å². The van der Waals surface area contributed by atoms with Gasteiger partial charge >= 0.3 is 0 Å². The Kier molecular flexibility index (Phi) is 8.03. The lowest BCUT2D eigenvalue weighted by Crippen LogP contribution is -2.12. The summed E-state index contributed by atoms with van der Waals surface area (Å²) in [5.74, 6) is 0.784. The van der Waals surface area contributed by atoms with Crippen LogP contribution < -0.4 is 5.73 Å². The first-order valence-corrected chi connectivity index (χ1v) is 5.05. The molecule has 0 aromatic heterocycles. The third kappa shape index (κ3) is 6.36. The quantitative estimate of drug-likeness (QED) is 0.565. The summed E-state index contributed by atoms with van der Waals surface area (Å²) in [6.07, 6.45) is 8.09. The van der Waals surface area contributed by atoms with E-state index in [0.717, 1.165) is 12.5 Å². The second-order valence-electron chi connectivity index (χ2n) is 3.36. The lowest BCUT2D eigenvalue weighted by Gasteiger charge is -2.10. The van der Waals surface area contributed by atoms with Gasteiger partial charge in [0, 0.05) is 0 Å². The fourth-order valence-electron chi connectivity index (χ4n) is 1.35. The molecule has 0 aliphatic carbocycles. The van der Waals surface area contributed by atoms with Crippen LogP contribution >= 0.6 is 0 Å². The molecule has 0 rings (SSSR count). The number of hydrogen-bond acceptors (Lipinski definition) is 1. The van der Waals surface area contributed by atoms with Crippen LogP contribution in [-0.2, 0) is 0 Å². The van der Waals surface area contributed by atoms with Crippen LogP contribution in [-0.4, -0.2) is 6.54 Å². The highest BCUT2D eigenvalue weighted by Crippen LogP contribution is 2.12. The monoisotopic (exact) mass is 157 g/mol. The summed E-state index contributed by atoms with van der Waals surface area (Å²) in [4.78, 5) is 0. The maximum absolute atomic E-state index is 5.60. The van der Waals surface area contributed by atoms with Crippen LogP contribution in [0.25, 0.3) is 0 Å². The molecule has 1 atom stereocenters. The molecule has 0 aromatic rings. The molecular formula is C10H23N. The predicted molar refractivity (Wildman–Crippen MR) is 51.6 cm³/mol. The summed E-state index contributed by atoms with van der Waals surface area (Å²) in [5.41, 5.74) is 5.60. The summed E-state index contributed by atoms with van der Waals surface area (Å²) in [5, 5.41) is 0. The van der Waals surface area contributed by atoms with Gasteiger partial charge in [0.15, 0.2) is 0 Å². The summed E-state index contributed by atoms with van der Waals surface area (Å²) >= 11 is 0. The van der Waals surface area contributed by atoms with Gasteiger partial charge in [0.2, 0.25) is 0 Å². The molecule has 1 heteroatoms. The van der Waals surface area contributed by atoms with E-state index in [9.17, 15) is 0 Å².